The van der Waals surface area contributed by atoms with E-state index in [1.807, 2.05) is 37.4 Å². The van der Waals surface area contributed by atoms with E-state index in [1.165, 1.54) is 0 Å². The molecule has 0 saturated heterocycles. The average Bonchev–Trinajstić information content (AvgIpc) is 3.39. The zero-order chi connectivity index (χ0) is 20.9. The van der Waals surface area contributed by atoms with Crippen molar-refractivity contribution in [3.05, 3.63) is 53.7 Å². The lowest BCUT2D eigenvalue weighted by Gasteiger charge is -2.26. The topological polar surface area (TPSA) is 118 Å². The Kier molecular flexibility index (Phi) is 5.73. The Morgan fingerprint density at radius 1 is 1.33 bits per heavy atom. The van der Waals surface area contributed by atoms with Crippen LogP contribution in [0.25, 0.3) is 0 Å². The van der Waals surface area contributed by atoms with E-state index in [2.05, 4.69) is 30.5 Å². The summed E-state index contributed by atoms with van der Waals surface area (Å²) in [6, 6.07) is 9.09. The molecule has 2 aromatic heterocycles. The van der Waals surface area contributed by atoms with Gasteiger partial charge in [-0.25, -0.2) is 4.68 Å². The standard InChI is InChI=1S/C20H23N7O3/c1-26-9-10-30-16-12-21-27(20(16)26)8-7-15(13-28)22-19(29)18-23-17(24-25-18)11-14-5-3-2-4-6-14/h2-6,12-13,15H,7-11H2,1H3,(H,22,29)(H,23,24,25). The van der Waals surface area contributed by atoms with Gasteiger partial charge in [0.1, 0.15) is 18.7 Å². The van der Waals surface area contributed by atoms with Gasteiger partial charge in [0.2, 0.25) is 5.82 Å². The first-order valence-electron chi connectivity index (χ1n) is 9.75. The number of hydrogen-bond donors (Lipinski definition) is 2. The summed E-state index contributed by atoms with van der Waals surface area (Å²) in [5, 5.41) is 14.9. The normalized spacial score (nSPS) is 14.0. The number of anilines is 1. The van der Waals surface area contributed by atoms with Crippen molar-refractivity contribution in [2.24, 2.45) is 0 Å². The molecular weight excluding hydrogens is 386 g/mol. The van der Waals surface area contributed by atoms with E-state index in [9.17, 15) is 9.59 Å². The van der Waals surface area contributed by atoms with Crippen LogP contribution in [0.15, 0.2) is 36.5 Å². The molecule has 30 heavy (non-hydrogen) atoms. The average molecular weight is 409 g/mol. The number of aldehydes is 1. The molecule has 1 aliphatic rings. The fourth-order valence-electron chi connectivity index (χ4n) is 3.35. The van der Waals surface area contributed by atoms with Crippen molar-refractivity contribution in [3.8, 4) is 5.75 Å². The molecule has 1 unspecified atom stereocenters. The highest BCUT2D eigenvalue weighted by Gasteiger charge is 2.22. The van der Waals surface area contributed by atoms with Gasteiger partial charge < -0.3 is 24.7 Å². The molecule has 1 amide bonds. The Bertz CT molecular complexity index is 1010. The number of aromatic amines is 1. The van der Waals surface area contributed by atoms with Crippen LogP contribution in [-0.4, -0.2) is 63.4 Å². The maximum absolute atomic E-state index is 12.5. The number of amides is 1. The van der Waals surface area contributed by atoms with Crippen LogP contribution >= 0.6 is 0 Å². The number of aromatic nitrogens is 5. The molecule has 10 heteroatoms. The molecule has 1 atom stereocenters. The molecule has 4 rings (SSSR count). The molecule has 0 fully saturated rings. The molecule has 3 aromatic rings. The smallest absolute Gasteiger partial charge is 0.289 e. The van der Waals surface area contributed by atoms with Crippen molar-refractivity contribution in [2.75, 3.05) is 25.1 Å². The van der Waals surface area contributed by atoms with Crippen LogP contribution in [0.5, 0.6) is 5.75 Å². The van der Waals surface area contributed by atoms with Gasteiger partial charge in [0.05, 0.1) is 18.8 Å². The van der Waals surface area contributed by atoms with E-state index in [0.717, 1.165) is 30.0 Å². The van der Waals surface area contributed by atoms with Crippen LogP contribution in [0.3, 0.4) is 0 Å². The maximum Gasteiger partial charge on any atom is 0.289 e. The summed E-state index contributed by atoms with van der Waals surface area (Å²) < 4.78 is 7.37. The van der Waals surface area contributed by atoms with Gasteiger partial charge in [-0.05, 0) is 12.0 Å². The number of nitrogens with one attached hydrogen (secondary N) is 2. The van der Waals surface area contributed by atoms with Crippen LogP contribution in [0, 0.1) is 0 Å². The van der Waals surface area contributed by atoms with E-state index in [-0.39, 0.29) is 5.82 Å². The van der Waals surface area contributed by atoms with E-state index in [1.54, 1.807) is 10.9 Å². The van der Waals surface area contributed by atoms with Gasteiger partial charge in [0, 0.05) is 20.0 Å². The molecule has 0 aliphatic carbocycles. The second-order valence-electron chi connectivity index (χ2n) is 7.11. The summed E-state index contributed by atoms with van der Waals surface area (Å²) in [5.74, 6) is 1.79. The molecule has 156 valence electrons. The van der Waals surface area contributed by atoms with Crippen molar-refractivity contribution in [1.29, 1.82) is 0 Å². The van der Waals surface area contributed by atoms with Crippen LogP contribution in [0.4, 0.5) is 5.82 Å². The third kappa shape index (κ3) is 4.32. The highest BCUT2D eigenvalue weighted by Crippen LogP contribution is 2.30. The van der Waals surface area contributed by atoms with E-state index in [0.29, 0.717) is 31.8 Å². The highest BCUT2D eigenvalue weighted by molar-refractivity contribution is 5.92. The van der Waals surface area contributed by atoms with Crippen molar-refractivity contribution in [1.82, 2.24) is 30.3 Å². The van der Waals surface area contributed by atoms with Gasteiger partial charge in [-0.1, -0.05) is 30.3 Å². The van der Waals surface area contributed by atoms with Crippen LogP contribution in [-0.2, 0) is 17.8 Å². The number of H-pyrrole nitrogens is 1. The number of likely N-dealkylation sites (N-methyl/N-ethyl adjacent to an activating group) is 1. The minimum atomic E-state index is -0.671. The number of nitrogens with zero attached hydrogens (tertiary/aromatic N) is 5. The number of carbonyl (C=O) groups excluding carboxylic acids is 2. The first kappa shape index (κ1) is 19.6. The monoisotopic (exact) mass is 409 g/mol. The van der Waals surface area contributed by atoms with Crippen LogP contribution in [0.2, 0.25) is 0 Å². The Balaban J connectivity index is 1.34. The lowest BCUT2D eigenvalue weighted by molar-refractivity contribution is -0.109. The van der Waals surface area contributed by atoms with Crippen molar-refractivity contribution < 1.29 is 14.3 Å². The lowest BCUT2D eigenvalue weighted by atomic mass is 10.1. The van der Waals surface area contributed by atoms with Crippen LogP contribution < -0.4 is 15.0 Å². The fraction of sp³-hybridized carbons (Fsp3) is 0.350. The largest absolute Gasteiger partial charge is 0.486 e. The predicted molar refractivity (Wildman–Crippen MR) is 109 cm³/mol. The van der Waals surface area contributed by atoms with Crippen molar-refractivity contribution in [2.45, 2.75) is 25.4 Å². The summed E-state index contributed by atoms with van der Waals surface area (Å²) in [6.45, 7) is 1.84. The summed E-state index contributed by atoms with van der Waals surface area (Å²) in [7, 11) is 1.97. The van der Waals surface area contributed by atoms with E-state index < -0.39 is 11.9 Å². The minimum Gasteiger partial charge on any atom is -0.486 e. The number of rotatable bonds is 8. The second kappa shape index (κ2) is 8.76. The molecule has 1 aromatic carbocycles. The van der Waals surface area contributed by atoms with Gasteiger partial charge in [0.15, 0.2) is 11.6 Å². The third-order valence-corrected chi connectivity index (χ3v) is 4.92. The maximum atomic E-state index is 12.5. The van der Waals surface area contributed by atoms with E-state index >= 15 is 0 Å². The quantitative estimate of drug-likeness (QED) is 0.529. The molecule has 10 nitrogen and oxygen atoms in total. The number of carbonyl (C=O) groups is 2. The Morgan fingerprint density at radius 2 is 2.17 bits per heavy atom. The molecule has 0 radical (unpaired) electrons. The predicted octanol–water partition coefficient (Wildman–Crippen LogP) is 0.808. The Hall–Kier alpha value is -3.69. The SMILES string of the molecule is CN1CCOc2cnn(CCC(C=O)NC(=O)c3nnc(Cc4ccccc4)[nH]3)c21. The molecule has 0 spiro atoms. The fourth-order valence-corrected chi connectivity index (χ4v) is 3.35. The molecule has 2 N–H and O–H groups in total. The summed E-state index contributed by atoms with van der Waals surface area (Å²) in [6.07, 6.45) is 3.32. The van der Waals surface area contributed by atoms with Gasteiger partial charge in [-0.2, -0.15) is 5.10 Å². The summed E-state index contributed by atoms with van der Waals surface area (Å²) in [5.41, 5.74) is 1.06. The zero-order valence-electron chi connectivity index (χ0n) is 16.6. The third-order valence-electron chi connectivity index (χ3n) is 4.92. The number of benzene rings is 1. The number of fused-ring (bicyclic) bond motifs is 1. The molecular formula is C20H23N7O3. The van der Waals surface area contributed by atoms with Gasteiger partial charge >= 0.3 is 0 Å². The summed E-state index contributed by atoms with van der Waals surface area (Å²) >= 11 is 0. The van der Waals surface area contributed by atoms with E-state index in [4.69, 9.17) is 4.74 Å². The molecule has 0 bridgehead atoms. The number of hydrogen-bond acceptors (Lipinski definition) is 7. The number of aryl methyl sites for hydroxylation is 1. The van der Waals surface area contributed by atoms with Crippen molar-refractivity contribution >= 4 is 18.0 Å². The first-order chi connectivity index (χ1) is 14.6. The molecule has 3 heterocycles. The summed E-state index contributed by atoms with van der Waals surface area (Å²) in [4.78, 5) is 29.0. The molecule has 1 aliphatic heterocycles. The van der Waals surface area contributed by atoms with Crippen molar-refractivity contribution in [3.63, 3.8) is 0 Å². The van der Waals surface area contributed by atoms with Gasteiger partial charge in [0.25, 0.3) is 5.91 Å². The highest BCUT2D eigenvalue weighted by atomic mass is 16.5. The molecule has 0 saturated carbocycles. The van der Waals surface area contributed by atoms with Gasteiger partial charge in [-0.3, -0.25) is 4.79 Å². The number of ether oxygens (including phenoxy) is 1. The Labute approximate surface area is 173 Å². The van der Waals surface area contributed by atoms with Crippen LogP contribution in [0.1, 0.15) is 28.4 Å². The second-order valence-corrected chi connectivity index (χ2v) is 7.11. The lowest BCUT2D eigenvalue weighted by Crippen LogP contribution is -2.38. The first-order valence-corrected chi connectivity index (χ1v) is 9.75. The van der Waals surface area contributed by atoms with Gasteiger partial charge in [-0.15, -0.1) is 10.2 Å². The zero-order valence-corrected chi connectivity index (χ0v) is 16.6. The Morgan fingerprint density at radius 3 is 2.97 bits per heavy atom. The minimum absolute atomic E-state index is 0.0809.